The van der Waals surface area contributed by atoms with Gasteiger partial charge in [-0.1, -0.05) is 6.07 Å². The van der Waals surface area contributed by atoms with Crippen molar-refractivity contribution in [2.45, 2.75) is 11.8 Å². The second-order valence-corrected chi connectivity index (χ2v) is 5.01. The number of sulfone groups is 1. The molecule has 0 bridgehead atoms. The van der Waals surface area contributed by atoms with Crippen LogP contribution in [0.4, 0.5) is 5.69 Å². The van der Waals surface area contributed by atoms with E-state index >= 15 is 0 Å². The zero-order valence-corrected chi connectivity index (χ0v) is 8.77. The Labute approximate surface area is 78.7 Å². The van der Waals surface area contributed by atoms with Gasteiger partial charge in [0.05, 0.1) is 10.6 Å². The Hall–Kier alpha value is -1.03. The van der Waals surface area contributed by atoms with Crippen LogP contribution in [-0.4, -0.2) is 21.7 Å². The summed E-state index contributed by atoms with van der Waals surface area (Å²) in [6.07, 6.45) is 1.21. The highest BCUT2D eigenvalue weighted by Crippen LogP contribution is 2.21. The van der Waals surface area contributed by atoms with Crippen LogP contribution in [0.25, 0.3) is 0 Å². The molecule has 0 fully saturated rings. The molecule has 0 unspecified atom stereocenters. The van der Waals surface area contributed by atoms with Gasteiger partial charge in [-0.25, -0.2) is 8.42 Å². The van der Waals surface area contributed by atoms with Crippen molar-refractivity contribution in [3.63, 3.8) is 0 Å². The maximum absolute atomic E-state index is 11.3. The lowest BCUT2D eigenvalue weighted by Crippen LogP contribution is -2.02. The van der Waals surface area contributed by atoms with Crippen LogP contribution in [0.2, 0.25) is 0 Å². The lowest BCUT2D eigenvalue weighted by Gasteiger charge is -2.07. The second-order valence-electron chi connectivity index (χ2n) is 3.02. The number of nitrogens with one attached hydrogen (secondary N) is 1. The number of benzene rings is 1. The Morgan fingerprint density at radius 1 is 1.31 bits per heavy atom. The fraction of sp³-hybridized carbons (Fsp3) is 0.333. The summed E-state index contributed by atoms with van der Waals surface area (Å²) < 4.78 is 22.6. The van der Waals surface area contributed by atoms with Gasteiger partial charge in [0, 0.05) is 13.3 Å². The molecular weight excluding hydrogens is 186 g/mol. The SMILES string of the molecule is CNc1cc(C)ccc1S(C)(=O)=O. The molecule has 1 N–H and O–H groups in total. The van der Waals surface area contributed by atoms with Gasteiger partial charge in [0.15, 0.2) is 9.84 Å². The van der Waals surface area contributed by atoms with Gasteiger partial charge in [-0.05, 0) is 24.6 Å². The molecule has 0 saturated carbocycles. The predicted molar refractivity (Wildman–Crippen MR) is 53.8 cm³/mol. The summed E-state index contributed by atoms with van der Waals surface area (Å²) in [6.45, 7) is 1.92. The molecule has 72 valence electrons. The molecule has 0 amide bonds. The van der Waals surface area contributed by atoms with E-state index in [1.165, 1.54) is 6.26 Å². The Morgan fingerprint density at radius 3 is 2.38 bits per heavy atom. The molecule has 0 saturated heterocycles. The van der Waals surface area contributed by atoms with Gasteiger partial charge in [-0.15, -0.1) is 0 Å². The van der Waals surface area contributed by atoms with Gasteiger partial charge in [0.2, 0.25) is 0 Å². The number of hydrogen-bond donors (Lipinski definition) is 1. The van der Waals surface area contributed by atoms with E-state index in [0.29, 0.717) is 10.6 Å². The van der Waals surface area contributed by atoms with Crippen LogP contribution in [0.5, 0.6) is 0 Å². The minimum Gasteiger partial charge on any atom is -0.387 e. The zero-order valence-electron chi connectivity index (χ0n) is 7.96. The third-order valence-electron chi connectivity index (χ3n) is 1.80. The van der Waals surface area contributed by atoms with Crippen molar-refractivity contribution < 1.29 is 8.42 Å². The summed E-state index contributed by atoms with van der Waals surface area (Å²) in [5, 5.41) is 2.86. The van der Waals surface area contributed by atoms with Crippen molar-refractivity contribution in [3.8, 4) is 0 Å². The van der Waals surface area contributed by atoms with Gasteiger partial charge >= 0.3 is 0 Å². The molecule has 1 aromatic carbocycles. The van der Waals surface area contributed by atoms with E-state index < -0.39 is 9.84 Å². The van der Waals surface area contributed by atoms with Gasteiger partial charge in [-0.3, -0.25) is 0 Å². The molecule has 0 aliphatic rings. The molecule has 0 aliphatic heterocycles. The summed E-state index contributed by atoms with van der Waals surface area (Å²) in [7, 11) is -1.41. The minimum absolute atomic E-state index is 0.348. The van der Waals surface area contributed by atoms with Gasteiger partial charge in [0.1, 0.15) is 0 Å². The Morgan fingerprint density at radius 2 is 1.92 bits per heavy atom. The maximum Gasteiger partial charge on any atom is 0.177 e. The van der Waals surface area contributed by atoms with Crippen LogP contribution in [0, 0.1) is 6.92 Å². The summed E-state index contributed by atoms with van der Waals surface area (Å²) in [4.78, 5) is 0.348. The lowest BCUT2D eigenvalue weighted by atomic mass is 10.2. The molecule has 0 heterocycles. The molecule has 0 radical (unpaired) electrons. The van der Waals surface area contributed by atoms with E-state index in [0.717, 1.165) is 5.56 Å². The molecule has 0 aromatic heterocycles. The minimum atomic E-state index is -3.12. The normalized spacial score (nSPS) is 11.3. The van der Waals surface area contributed by atoms with Crippen LogP contribution in [0.3, 0.4) is 0 Å². The van der Waals surface area contributed by atoms with Gasteiger partial charge in [0.25, 0.3) is 0 Å². The summed E-state index contributed by atoms with van der Waals surface area (Å²) in [5.74, 6) is 0. The summed E-state index contributed by atoms with van der Waals surface area (Å²) in [5.41, 5.74) is 1.69. The molecular formula is C9H13NO2S. The second kappa shape index (κ2) is 3.38. The largest absolute Gasteiger partial charge is 0.387 e. The standard InChI is InChI=1S/C9H13NO2S/c1-7-4-5-9(13(3,11)12)8(6-7)10-2/h4-6,10H,1-3H3. The average Bonchev–Trinajstić information content (AvgIpc) is 2.01. The molecule has 1 aromatic rings. The monoisotopic (exact) mass is 199 g/mol. The molecule has 4 heteroatoms. The van der Waals surface area contributed by atoms with Crippen molar-refractivity contribution in [2.24, 2.45) is 0 Å². The Balaban J connectivity index is 3.39. The lowest BCUT2D eigenvalue weighted by molar-refractivity contribution is 0.602. The Kier molecular flexibility index (Phi) is 2.61. The molecule has 1 rings (SSSR count). The van der Waals surface area contributed by atoms with Crippen LogP contribution >= 0.6 is 0 Å². The highest BCUT2D eigenvalue weighted by Gasteiger charge is 2.11. The Bertz CT molecular complexity index is 410. The van der Waals surface area contributed by atoms with E-state index in [9.17, 15) is 8.42 Å². The first kappa shape index (κ1) is 10.1. The van der Waals surface area contributed by atoms with Gasteiger partial charge < -0.3 is 5.32 Å². The fourth-order valence-corrected chi connectivity index (χ4v) is 2.04. The van der Waals surface area contributed by atoms with Crippen molar-refractivity contribution >= 4 is 15.5 Å². The molecule has 13 heavy (non-hydrogen) atoms. The van der Waals surface area contributed by atoms with E-state index in [2.05, 4.69) is 5.32 Å². The number of anilines is 1. The summed E-state index contributed by atoms with van der Waals surface area (Å²) in [6, 6.07) is 5.23. The van der Waals surface area contributed by atoms with Crippen LogP contribution in [-0.2, 0) is 9.84 Å². The topological polar surface area (TPSA) is 46.2 Å². The number of rotatable bonds is 2. The number of aryl methyl sites for hydroxylation is 1. The highest BCUT2D eigenvalue weighted by molar-refractivity contribution is 7.90. The first-order valence-electron chi connectivity index (χ1n) is 3.93. The van der Waals surface area contributed by atoms with E-state index in [1.807, 2.05) is 13.0 Å². The molecule has 0 spiro atoms. The quantitative estimate of drug-likeness (QED) is 0.784. The maximum atomic E-state index is 11.3. The van der Waals surface area contributed by atoms with Crippen molar-refractivity contribution in [2.75, 3.05) is 18.6 Å². The first-order chi connectivity index (χ1) is 5.95. The third kappa shape index (κ3) is 2.21. The number of hydrogen-bond acceptors (Lipinski definition) is 3. The van der Waals surface area contributed by atoms with Crippen LogP contribution in [0.1, 0.15) is 5.56 Å². The van der Waals surface area contributed by atoms with Gasteiger partial charge in [-0.2, -0.15) is 0 Å². The van der Waals surface area contributed by atoms with E-state index in [4.69, 9.17) is 0 Å². The smallest absolute Gasteiger partial charge is 0.177 e. The van der Waals surface area contributed by atoms with Crippen molar-refractivity contribution in [3.05, 3.63) is 23.8 Å². The van der Waals surface area contributed by atoms with Crippen molar-refractivity contribution in [1.82, 2.24) is 0 Å². The van der Waals surface area contributed by atoms with Crippen LogP contribution in [0.15, 0.2) is 23.1 Å². The van der Waals surface area contributed by atoms with E-state index in [-0.39, 0.29) is 0 Å². The highest BCUT2D eigenvalue weighted by atomic mass is 32.2. The van der Waals surface area contributed by atoms with Crippen molar-refractivity contribution in [1.29, 1.82) is 0 Å². The summed E-state index contributed by atoms with van der Waals surface area (Å²) >= 11 is 0. The van der Waals surface area contributed by atoms with E-state index in [1.54, 1.807) is 19.2 Å². The molecule has 0 aliphatic carbocycles. The fourth-order valence-electron chi connectivity index (χ4n) is 1.16. The van der Waals surface area contributed by atoms with Crippen LogP contribution < -0.4 is 5.32 Å². The first-order valence-corrected chi connectivity index (χ1v) is 5.83. The molecule has 0 atom stereocenters. The third-order valence-corrected chi connectivity index (χ3v) is 2.96. The predicted octanol–water partition coefficient (Wildman–Crippen LogP) is 1.44. The zero-order chi connectivity index (χ0) is 10.1. The average molecular weight is 199 g/mol. The molecule has 3 nitrogen and oxygen atoms in total.